The molecule has 0 saturated heterocycles. The summed E-state index contributed by atoms with van der Waals surface area (Å²) in [6, 6.07) is 4.17. The van der Waals surface area contributed by atoms with Gasteiger partial charge in [0.1, 0.15) is 44.1 Å². The highest BCUT2D eigenvalue weighted by atomic mass is 15.2. The van der Waals surface area contributed by atoms with Gasteiger partial charge in [-0.1, -0.05) is 12.1 Å². The molecule has 0 spiro atoms. The van der Waals surface area contributed by atoms with E-state index < -0.39 is 0 Å². The first kappa shape index (κ1) is 10.2. The fourth-order valence-electron chi connectivity index (χ4n) is 4.26. The monoisotopic (exact) mass is 306 g/mol. The number of benzene rings is 4. The third-order valence-electron chi connectivity index (χ3n) is 5.28. The fourth-order valence-corrected chi connectivity index (χ4v) is 4.26. The predicted octanol–water partition coefficient (Wildman–Crippen LogP) is 2.11. The molecule has 0 amide bonds. The number of hydrogen-bond donors (Lipinski definition) is 0. The van der Waals surface area contributed by atoms with E-state index in [-0.39, 0.29) is 0 Å². The lowest BCUT2D eigenvalue weighted by molar-refractivity contribution is 1.07. The molecule has 0 aliphatic carbocycles. The van der Waals surface area contributed by atoms with Crippen LogP contribution in [-0.2, 0) is 0 Å². The maximum absolute atomic E-state index is 4.39. The van der Waals surface area contributed by atoms with Crippen molar-refractivity contribution in [1.29, 1.82) is 0 Å². The van der Waals surface area contributed by atoms with E-state index in [4.69, 9.17) is 0 Å². The fraction of sp³-hybridized carbons (Fsp3) is 0. The van der Waals surface area contributed by atoms with Crippen LogP contribution >= 0.6 is 0 Å². The van der Waals surface area contributed by atoms with Gasteiger partial charge >= 0.3 is 0 Å². The maximum atomic E-state index is 4.39. The molecular weight excluding hydrogens is 304 g/mol. The Balaban J connectivity index is 1.97. The average molecular weight is 306 g/mol. The summed E-state index contributed by atoms with van der Waals surface area (Å²) < 4.78 is 0. The lowest BCUT2D eigenvalue weighted by Crippen LogP contribution is -1.98. The molecule has 0 bridgehead atoms. The first-order valence-electron chi connectivity index (χ1n) is 7.50. The summed E-state index contributed by atoms with van der Waals surface area (Å²) in [7, 11) is 0. The molecule has 0 radical (unpaired) electrons. The number of rotatable bonds is 0. The van der Waals surface area contributed by atoms with E-state index in [9.17, 15) is 0 Å². The molecule has 106 valence electrons. The summed E-state index contributed by atoms with van der Waals surface area (Å²) >= 11 is 0. The summed E-state index contributed by atoms with van der Waals surface area (Å²) in [6.45, 7) is 0. The minimum Gasteiger partial charge on any atom is -0.147 e. The second-order valence-corrected chi connectivity index (χ2v) is 6.25. The van der Waals surface area contributed by atoms with Crippen LogP contribution in [0.4, 0.5) is 0 Å². The molecule has 4 aromatic carbocycles. The Kier molecular flexibility index (Phi) is 1.18. The maximum Gasteiger partial charge on any atom is 0.142 e. The standard InChI is InChI=1S/C16H2N8/c1-2-4-6-5-3(1)9-15(23-17-9)13-7(5)11(19-21-13)12-8(6)14(22-20-12)16-10(4)18-24-16/h1-2H. The molecule has 0 aliphatic rings. The number of nitrogens with zero attached hydrogens (tertiary/aromatic N) is 8. The zero-order valence-electron chi connectivity index (χ0n) is 11.7. The number of fused-ring (bicyclic) bond motifs is 7. The van der Waals surface area contributed by atoms with E-state index in [1.54, 1.807) is 0 Å². The van der Waals surface area contributed by atoms with Crippen LogP contribution in [0.2, 0.25) is 0 Å². The van der Waals surface area contributed by atoms with Crippen molar-refractivity contribution in [2.24, 2.45) is 0 Å². The normalized spacial score (nSPS) is 13.8. The second kappa shape index (κ2) is 2.78. The molecule has 8 aromatic rings. The van der Waals surface area contributed by atoms with Crippen LogP contribution in [0.25, 0.3) is 76.5 Å². The Morgan fingerprint density at radius 1 is 0.333 bits per heavy atom. The molecule has 4 aromatic heterocycles. The summed E-state index contributed by atoms with van der Waals surface area (Å²) in [5.74, 6) is 0. The highest BCUT2D eigenvalue weighted by molar-refractivity contribution is 6.45. The Morgan fingerprint density at radius 2 is 0.667 bits per heavy atom. The van der Waals surface area contributed by atoms with Gasteiger partial charge in [0.25, 0.3) is 0 Å². The first-order valence-corrected chi connectivity index (χ1v) is 7.50. The van der Waals surface area contributed by atoms with Crippen molar-refractivity contribution < 1.29 is 0 Å². The highest BCUT2D eigenvalue weighted by Crippen LogP contribution is 2.48. The predicted molar refractivity (Wildman–Crippen MR) is 87.3 cm³/mol. The Labute approximate surface area is 130 Å². The van der Waals surface area contributed by atoms with Crippen LogP contribution in [-0.4, -0.2) is 40.8 Å². The Bertz CT molecular complexity index is 1580. The topological polar surface area (TPSA) is 103 Å². The molecule has 0 atom stereocenters. The van der Waals surface area contributed by atoms with Gasteiger partial charge in [-0.2, -0.15) is 0 Å². The molecule has 8 heteroatoms. The third kappa shape index (κ3) is 0.755. The van der Waals surface area contributed by atoms with Crippen molar-refractivity contribution in [3.05, 3.63) is 12.1 Å². The molecule has 0 saturated carbocycles. The zero-order valence-corrected chi connectivity index (χ0v) is 11.7. The van der Waals surface area contributed by atoms with Crippen LogP contribution in [0.1, 0.15) is 0 Å². The molecule has 0 unspecified atom stereocenters. The van der Waals surface area contributed by atoms with Gasteiger partial charge in [0.05, 0.1) is 0 Å². The Morgan fingerprint density at radius 3 is 1.04 bits per heavy atom. The quantitative estimate of drug-likeness (QED) is 0.392. The summed E-state index contributed by atoms with van der Waals surface area (Å²) in [5, 5.41) is 40.6. The van der Waals surface area contributed by atoms with Gasteiger partial charge in [-0.3, -0.25) is 0 Å². The molecular formula is C16H2N8. The van der Waals surface area contributed by atoms with Gasteiger partial charge in [0.15, 0.2) is 0 Å². The van der Waals surface area contributed by atoms with Gasteiger partial charge in [0, 0.05) is 32.3 Å². The van der Waals surface area contributed by atoms with Gasteiger partial charge in [-0.25, -0.2) is 0 Å². The van der Waals surface area contributed by atoms with E-state index in [1.807, 2.05) is 0 Å². The first-order chi connectivity index (χ1) is 11.9. The molecule has 8 nitrogen and oxygen atoms in total. The summed E-state index contributed by atoms with van der Waals surface area (Å²) in [5.41, 5.74) is 6.55. The molecule has 4 heterocycles. The Hall–Kier alpha value is -3.68. The zero-order chi connectivity index (χ0) is 15.2. The van der Waals surface area contributed by atoms with Crippen molar-refractivity contribution >= 4 is 76.5 Å². The average Bonchev–Trinajstić information content (AvgIpc) is 3.11. The molecule has 0 aliphatic heterocycles. The minimum atomic E-state index is 0.776. The number of aromatic nitrogens is 8. The van der Waals surface area contributed by atoms with Crippen molar-refractivity contribution in [3.8, 4) is 0 Å². The van der Waals surface area contributed by atoms with E-state index in [2.05, 4.69) is 52.9 Å². The van der Waals surface area contributed by atoms with Crippen LogP contribution in [0.5, 0.6) is 0 Å². The molecule has 24 heavy (non-hydrogen) atoms. The SMILES string of the molecule is c1cc2c3nnc3c3nnc4c5nnc6c7nnc7c1c(c65)c2c34. The van der Waals surface area contributed by atoms with Crippen molar-refractivity contribution in [2.45, 2.75) is 0 Å². The van der Waals surface area contributed by atoms with Gasteiger partial charge < -0.3 is 0 Å². The van der Waals surface area contributed by atoms with Crippen LogP contribution in [0.3, 0.4) is 0 Å². The van der Waals surface area contributed by atoms with Crippen molar-refractivity contribution in [1.82, 2.24) is 40.8 Å². The molecule has 8 rings (SSSR count). The van der Waals surface area contributed by atoms with E-state index in [0.717, 1.165) is 76.5 Å². The summed E-state index contributed by atoms with van der Waals surface area (Å²) in [4.78, 5) is 0. The third-order valence-corrected chi connectivity index (χ3v) is 5.28. The lowest BCUT2D eigenvalue weighted by Gasteiger charge is -2.14. The molecule has 0 N–H and O–H groups in total. The summed E-state index contributed by atoms with van der Waals surface area (Å²) in [6.07, 6.45) is 0. The highest BCUT2D eigenvalue weighted by Gasteiger charge is 2.28. The van der Waals surface area contributed by atoms with Crippen LogP contribution in [0.15, 0.2) is 12.1 Å². The van der Waals surface area contributed by atoms with Crippen molar-refractivity contribution in [3.63, 3.8) is 0 Å². The van der Waals surface area contributed by atoms with Gasteiger partial charge in [-0.15, -0.1) is 40.8 Å². The largest absolute Gasteiger partial charge is 0.147 e. The lowest BCUT2D eigenvalue weighted by atomic mass is 9.90. The van der Waals surface area contributed by atoms with Crippen molar-refractivity contribution in [2.75, 3.05) is 0 Å². The van der Waals surface area contributed by atoms with E-state index in [1.165, 1.54) is 0 Å². The number of hydrogen-bond acceptors (Lipinski definition) is 8. The second-order valence-electron chi connectivity index (χ2n) is 6.25. The smallest absolute Gasteiger partial charge is 0.142 e. The van der Waals surface area contributed by atoms with Gasteiger partial charge in [0.2, 0.25) is 0 Å². The minimum absolute atomic E-state index is 0.776. The molecule has 0 fully saturated rings. The van der Waals surface area contributed by atoms with E-state index in [0.29, 0.717) is 0 Å². The van der Waals surface area contributed by atoms with Crippen LogP contribution in [0, 0.1) is 0 Å². The van der Waals surface area contributed by atoms with E-state index >= 15 is 0 Å². The van der Waals surface area contributed by atoms with Crippen LogP contribution < -0.4 is 0 Å². The van der Waals surface area contributed by atoms with Gasteiger partial charge in [-0.05, 0) is 0 Å².